The average Bonchev–Trinajstić information content (AvgIpc) is 2.73. The van der Waals surface area contributed by atoms with Crippen molar-refractivity contribution in [3.8, 4) is 0 Å². The molecule has 1 aliphatic carbocycles. The van der Waals surface area contributed by atoms with Crippen LogP contribution in [0, 0.1) is 5.82 Å². The van der Waals surface area contributed by atoms with Crippen LogP contribution in [0.4, 0.5) is 10.1 Å². The third-order valence-corrected chi connectivity index (χ3v) is 6.14. The van der Waals surface area contributed by atoms with E-state index in [-0.39, 0.29) is 23.7 Å². The number of rotatable bonds is 7. The van der Waals surface area contributed by atoms with Crippen LogP contribution in [0.3, 0.4) is 0 Å². The summed E-state index contributed by atoms with van der Waals surface area (Å²) in [6.45, 7) is 1.99. The Kier molecular flexibility index (Phi) is 7.69. The molecular formula is C23H27FN2O2S. The van der Waals surface area contributed by atoms with E-state index in [2.05, 4.69) is 5.32 Å². The molecule has 1 saturated carbocycles. The molecule has 2 aromatic carbocycles. The van der Waals surface area contributed by atoms with E-state index >= 15 is 0 Å². The Labute approximate surface area is 175 Å². The number of carbonyl (C=O) groups excluding carboxylic acids is 2. The molecule has 4 nitrogen and oxygen atoms in total. The summed E-state index contributed by atoms with van der Waals surface area (Å²) in [7, 11) is 0. The Balaban J connectivity index is 1.63. The van der Waals surface area contributed by atoms with Crippen molar-refractivity contribution in [2.45, 2.75) is 56.5 Å². The summed E-state index contributed by atoms with van der Waals surface area (Å²) in [6, 6.07) is 14.2. The van der Waals surface area contributed by atoms with Gasteiger partial charge in [-0.25, -0.2) is 4.39 Å². The number of anilines is 1. The fraction of sp³-hybridized carbons (Fsp3) is 0.391. The number of hydrogen-bond acceptors (Lipinski definition) is 3. The second kappa shape index (κ2) is 10.4. The number of nitrogens with zero attached hydrogens (tertiary/aromatic N) is 1. The normalized spacial score (nSPS) is 14.4. The lowest BCUT2D eigenvalue weighted by Gasteiger charge is -2.34. The molecule has 29 heavy (non-hydrogen) atoms. The van der Waals surface area contributed by atoms with Crippen molar-refractivity contribution < 1.29 is 14.0 Å². The van der Waals surface area contributed by atoms with E-state index in [4.69, 9.17) is 0 Å². The van der Waals surface area contributed by atoms with Gasteiger partial charge in [0.05, 0.1) is 5.75 Å². The second-order valence-corrected chi connectivity index (χ2v) is 8.48. The minimum Gasteiger partial charge on any atom is -0.335 e. The predicted molar refractivity (Wildman–Crippen MR) is 115 cm³/mol. The molecule has 1 N–H and O–H groups in total. The molecule has 1 fully saturated rings. The minimum atomic E-state index is -0.262. The third-order valence-electron chi connectivity index (χ3n) is 5.14. The smallest absolute Gasteiger partial charge is 0.233 e. The number of benzene rings is 2. The van der Waals surface area contributed by atoms with E-state index in [1.807, 2.05) is 29.2 Å². The van der Waals surface area contributed by atoms with Gasteiger partial charge in [-0.05, 0) is 54.8 Å². The zero-order valence-electron chi connectivity index (χ0n) is 16.7. The minimum absolute atomic E-state index is 0.107. The number of amides is 2. The van der Waals surface area contributed by atoms with Gasteiger partial charge in [0, 0.05) is 30.1 Å². The zero-order valence-corrected chi connectivity index (χ0v) is 17.5. The van der Waals surface area contributed by atoms with E-state index in [0.717, 1.165) is 41.8 Å². The summed E-state index contributed by atoms with van der Waals surface area (Å²) in [5.74, 6) is 0.0983. The van der Waals surface area contributed by atoms with Crippen molar-refractivity contribution in [2.24, 2.45) is 0 Å². The van der Waals surface area contributed by atoms with Gasteiger partial charge >= 0.3 is 0 Å². The van der Waals surface area contributed by atoms with Crippen molar-refractivity contribution in [3.05, 3.63) is 59.9 Å². The van der Waals surface area contributed by atoms with E-state index in [1.165, 1.54) is 37.2 Å². The molecule has 0 unspecified atom stereocenters. The van der Waals surface area contributed by atoms with Gasteiger partial charge in [0.25, 0.3) is 0 Å². The van der Waals surface area contributed by atoms with Gasteiger partial charge in [0.2, 0.25) is 11.8 Å². The molecule has 0 aliphatic heterocycles. The lowest BCUT2D eigenvalue weighted by Crippen LogP contribution is -2.41. The van der Waals surface area contributed by atoms with Gasteiger partial charge in [0.15, 0.2) is 0 Å². The largest absolute Gasteiger partial charge is 0.335 e. The van der Waals surface area contributed by atoms with Crippen molar-refractivity contribution >= 4 is 29.3 Å². The first-order valence-electron chi connectivity index (χ1n) is 10.1. The van der Waals surface area contributed by atoms with Gasteiger partial charge in [0.1, 0.15) is 5.82 Å². The van der Waals surface area contributed by atoms with E-state index in [1.54, 1.807) is 12.1 Å². The molecule has 0 heterocycles. The topological polar surface area (TPSA) is 49.4 Å². The fourth-order valence-corrected chi connectivity index (χ4v) is 4.45. The van der Waals surface area contributed by atoms with Crippen molar-refractivity contribution in [1.82, 2.24) is 4.90 Å². The Morgan fingerprint density at radius 2 is 1.69 bits per heavy atom. The number of hydrogen-bond donors (Lipinski definition) is 1. The molecule has 3 rings (SSSR count). The van der Waals surface area contributed by atoms with Gasteiger partial charge in [-0.1, -0.05) is 31.4 Å². The van der Waals surface area contributed by atoms with Crippen LogP contribution in [0.25, 0.3) is 0 Å². The quantitative estimate of drug-likeness (QED) is 0.631. The SMILES string of the molecule is CC(=O)Nc1ccc(SCC(=O)N(Cc2ccc(F)cc2)C2CCCCC2)cc1. The maximum absolute atomic E-state index is 13.2. The van der Waals surface area contributed by atoms with Gasteiger partial charge < -0.3 is 10.2 Å². The van der Waals surface area contributed by atoms with Crippen LogP contribution in [0.1, 0.15) is 44.6 Å². The molecular weight excluding hydrogens is 387 g/mol. The molecule has 0 atom stereocenters. The van der Waals surface area contributed by atoms with Crippen LogP contribution in [0.2, 0.25) is 0 Å². The standard InChI is InChI=1S/C23H27FN2O2S/c1-17(27)25-20-11-13-22(14-12-20)29-16-23(28)26(21-5-3-2-4-6-21)15-18-7-9-19(24)10-8-18/h7-14,21H,2-6,15-16H2,1H3,(H,25,27). The van der Waals surface area contributed by atoms with Crippen LogP contribution in [-0.4, -0.2) is 28.5 Å². The first kappa shape index (κ1) is 21.4. The Bertz CT molecular complexity index is 818. The Hall–Kier alpha value is -2.34. The molecule has 0 aromatic heterocycles. The van der Waals surface area contributed by atoms with Crippen LogP contribution in [0.15, 0.2) is 53.4 Å². The lowest BCUT2D eigenvalue weighted by atomic mass is 9.94. The summed E-state index contributed by atoms with van der Waals surface area (Å²) in [6.07, 6.45) is 5.59. The highest BCUT2D eigenvalue weighted by Gasteiger charge is 2.25. The molecule has 0 bridgehead atoms. The monoisotopic (exact) mass is 414 g/mol. The fourth-order valence-electron chi connectivity index (χ4n) is 3.67. The first-order chi connectivity index (χ1) is 14.0. The molecule has 0 radical (unpaired) electrons. The summed E-state index contributed by atoms with van der Waals surface area (Å²) >= 11 is 1.50. The van der Waals surface area contributed by atoms with Crippen molar-refractivity contribution in [3.63, 3.8) is 0 Å². The maximum Gasteiger partial charge on any atom is 0.233 e. The van der Waals surface area contributed by atoms with Crippen LogP contribution < -0.4 is 5.32 Å². The highest BCUT2D eigenvalue weighted by molar-refractivity contribution is 8.00. The molecule has 2 aromatic rings. The average molecular weight is 415 g/mol. The van der Waals surface area contributed by atoms with Crippen LogP contribution >= 0.6 is 11.8 Å². The van der Waals surface area contributed by atoms with Gasteiger partial charge in [-0.2, -0.15) is 0 Å². The second-order valence-electron chi connectivity index (χ2n) is 7.43. The molecule has 1 aliphatic rings. The molecule has 0 spiro atoms. The molecule has 2 amide bonds. The lowest BCUT2D eigenvalue weighted by molar-refractivity contribution is -0.132. The summed E-state index contributed by atoms with van der Waals surface area (Å²) in [5.41, 5.74) is 1.70. The highest BCUT2D eigenvalue weighted by Crippen LogP contribution is 2.27. The zero-order chi connectivity index (χ0) is 20.6. The van der Waals surface area contributed by atoms with E-state index < -0.39 is 0 Å². The predicted octanol–water partition coefficient (Wildman–Crippen LogP) is 5.24. The van der Waals surface area contributed by atoms with Crippen molar-refractivity contribution in [1.29, 1.82) is 0 Å². The number of nitrogens with one attached hydrogen (secondary N) is 1. The summed E-state index contributed by atoms with van der Waals surface area (Å²) in [4.78, 5) is 27.2. The Morgan fingerprint density at radius 1 is 1.03 bits per heavy atom. The maximum atomic E-state index is 13.2. The van der Waals surface area contributed by atoms with Crippen LogP contribution in [-0.2, 0) is 16.1 Å². The molecule has 154 valence electrons. The number of thioether (sulfide) groups is 1. The number of carbonyl (C=O) groups is 2. The highest BCUT2D eigenvalue weighted by atomic mass is 32.2. The van der Waals surface area contributed by atoms with Crippen LogP contribution in [0.5, 0.6) is 0 Å². The van der Waals surface area contributed by atoms with Crippen molar-refractivity contribution in [2.75, 3.05) is 11.1 Å². The van der Waals surface area contributed by atoms with Gasteiger partial charge in [-0.15, -0.1) is 11.8 Å². The molecule has 0 saturated heterocycles. The first-order valence-corrected chi connectivity index (χ1v) is 11.0. The van der Waals surface area contributed by atoms with Gasteiger partial charge in [-0.3, -0.25) is 9.59 Å². The summed E-state index contributed by atoms with van der Waals surface area (Å²) in [5, 5.41) is 2.74. The third kappa shape index (κ3) is 6.60. The van der Waals surface area contributed by atoms with E-state index in [0.29, 0.717) is 12.3 Å². The summed E-state index contributed by atoms with van der Waals surface area (Å²) < 4.78 is 13.2. The Morgan fingerprint density at radius 3 is 2.31 bits per heavy atom. The van der Waals surface area contributed by atoms with E-state index in [9.17, 15) is 14.0 Å². The molecule has 6 heteroatoms. The number of halogens is 1.